The second kappa shape index (κ2) is 8.96. The van der Waals surface area contributed by atoms with Crippen LogP contribution in [0.3, 0.4) is 0 Å². The summed E-state index contributed by atoms with van der Waals surface area (Å²) in [7, 11) is -4.18. The Kier molecular flexibility index (Phi) is 6.26. The zero-order chi connectivity index (χ0) is 22.9. The SMILES string of the molecule is CCN(C(=O)C1CCN(S(=O)(=O)c2cc(F)ccc2F)CC1)c1cccc2ccccc12. The van der Waals surface area contributed by atoms with Crippen molar-refractivity contribution in [3.8, 4) is 0 Å². The van der Waals surface area contributed by atoms with Gasteiger partial charge < -0.3 is 4.90 Å². The number of hydrogen-bond donors (Lipinski definition) is 0. The van der Waals surface area contributed by atoms with Gasteiger partial charge >= 0.3 is 0 Å². The number of fused-ring (bicyclic) bond motifs is 1. The smallest absolute Gasteiger partial charge is 0.246 e. The van der Waals surface area contributed by atoms with E-state index in [2.05, 4.69) is 0 Å². The third-order valence-electron chi connectivity index (χ3n) is 5.95. The van der Waals surface area contributed by atoms with Crippen molar-refractivity contribution in [2.75, 3.05) is 24.5 Å². The lowest BCUT2D eigenvalue weighted by molar-refractivity contribution is -0.123. The molecule has 0 bridgehead atoms. The molecule has 0 saturated carbocycles. The highest BCUT2D eigenvalue weighted by molar-refractivity contribution is 7.89. The first-order chi connectivity index (χ1) is 15.3. The second-order valence-electron chi connectivity index (χ2n) is 7.83. The van der Waals surface area contributed by atoms with Gasteiger partial charge in [-0.1, -0.05) is 36.4 Å². The molecule has 0 radical (unpaired) electrons. The Bertz CT molecular complexity index is 1250. The first kappa shape index (κ1) is 22.4. The maximum absolute atomic E-state index is 14.1. The first-order valence-electron chi connectivity index (χ1n) is 10.6. The molecule has 8 heteroatoms. The van der Waals surface area contributed by atoms with Gasteiger partial charge in [0.2, 0.25) is 15.9 Å². The number of hydrogen-bond acceptors (Lipinski definition) is 3. The van der Waals surface area contributed by atoms with Crippen LogP contribution in [-0.2, 0) is 14.8 Å². The molecule has 5 nitrogen and oxygen atoms in total. The lowest BCUT2D eigenvalue weighted by Crippen LogP contribution is -2.44. The molecular weight excluding hydrogens is 434 g/mol. The molecule has 0 aromatic heterocycles. The van der Waals surface area contributed by atoms with E-state index in [0.717, 1.165) is 32.9 Å². The summed E-state index contributed by atoms with van der Waals surface area (Å²) in [6.45, 7) is 2.54. The van der Waals surface area contributed by atoms with Crippen molar-refractivity contribution in [2.45, 2.75) is 24.7 Å². The fraction of sp³-hybridized carbons (Fsp3) is 0.292. The largest absolute Gasteiger partial charge is 0.312 e. The Labute approximate surface area is 186 Å². The van der Waals surface area contributed by atoms with E-state index < -0.39 is 26.6 Å². The van der Waals surface area contributed by atoms with E-state index in [-0.39, 0.29) is 24.9 Å². The maximum Gasteiger partial charge on any atom is 0.246 e. The van der Waals surface area contributed by atoms with Crippen molar-refractivity contribution in [3.63, 3.8) is 0 Å². The van der Waals surface area contributed by atoms with E-state index in [1.165, 1.54) is 0 Å². The lowest BCUT2D eigenvalue weighted by Gasteiger charge is -2.33. The van der Waals surface area contributed by atoms with Crippen LogP contribution in [0.25, 0.3) is 10.8 Å². The quantitative estimate of drug-likeness (QED) is 0.563. The molecule has 168 valence electrons. The van der Waals surface area contributed by atoms with Crippen LogP contribution >= 0.6 is 0 Å². The van der Waals surface area contributed by atoms with Crippen molar-refractivity contribution in [3.05, 3.63) is 72.3 Å². The number of carbonyl (C=O) groups is 1. The van der Waals surface area contributed by atoms with Gasteiger partial charge in [-0.2, -0.15) is 4.31 Å². The number of piperidine rings is 1. The number of benzene rings is 3. The number of sulfonamides is 1. The van der Waals surface area contributed by atoms with E-state index in [9.17, 15) is 22.0 Å². The number of anilines is 1. The summed E-state index contributed by atoms with van der Waals surface area (Å²) in [5.41, 5.74) is 0.826. The van der Waals surface area contributed by atoms with Gasteiger partial charge in [0.1, 0.15) is 16.5 Å². The van der Waals surface area contributed by atoms with E-state index in [0.29, 0.717) is 25.5 Å². The highest BCUT2D eigenvalue weighted by Crippen LogP contribution is 2.31. The van der Waals surface area contributed by atoms with Gasteiger partial charge in [0.05, 0.1) is 5.69 Å². The highest BCUT2D eigenvalue weighted by Gasteiger charge is 2.35. The van der Waals surface area contributed by atoms with Crippen LogP contribution in [0.4, 0.5) is 14.5 Å². The molecule has 4 rings (SSSR count). The summed E-state index contributed by atoms with van der Waals surface area (Å²) in [5, 5.41) is 2.01. The number of carbonyl (C=O) groups excluding carboxylic acids is 1. The Morgan fingerprint density at radius 1 is 1.03 bits per heavy atom. The van der Waals surface area contributed by atoms with Crippen LogP contribution < -0.4 is 4.90 Å². The van der Waals surface area contributed by atoms with Crippen molar-refractivity contribution in [1.82, 2.24) is 4.31 Å². The number of rotatable bonds is 5. The molecule has 0 aliphatic carbocycles. The molecule has 1 fully saturated rings. The normalized spacial score (nSPS) is 15.7. The van der Waals surface area contributed by atoms with E-state index in [1.807, 2.05) is 49.4 Å². The number of amides is 1. The molecular formula is C24H24F2N2O3S. The van der Waals surface area contributed by atoms with Crippen LogP contribution in [0.15, 0.2) is 65.6 Å². The van der Waals surface area contributed by atoms with Crippen LogP contribution in [-0.4, -0.2) is 38.3 Å². The number of nitrogens with zero attached hydrogens (tertiary/aromatic N) is 2. The average molecular weight is 459 g/mol. The average Bonchev–Trinajstić information content (AvgIpc) is 2.81. The van der Waals surface area contributed by atoms with Crippen molar-refractivity contribution in [1.29, 1.82) is 0 Å². The maximum atomic E-state index is 14.1. The zero-order valence-electron chi connectivity index (χ0n) is 17.7. The van der Waals surface area contributed by atoms with E-state index >= 15 is 0 Å². The molecule has 1 heterocycles. The lowest BCUT2D eigenvalue weighted by atomic mass is 9.95. The van der Waals surface area contributed by atoms with Crippen LogP contribution in [0.2, 0.25) is 0 Å². The summed E-state index contributed by atoms with van der Waals surface area (Å²) in [6, 6.07) is 16.0. The minimum atomic E-state index is -4.18. The summed E-state index contributed by atoms with van der Waals surface area (Å²) in [5.74, 6) is -2.21. The molecule has 0 N–H and O–H groups in total. The minimum Gasteiger partial charge on any atom is -0.312 e. The Morgan fingerprint density at radius 2 is 1.72 bits per heavy atom. The standard InChI is InChI=1S/C24H24F2N2O3S/c1-2-28(22-9-5-7-17-6-3-4-8-20(17)22)24(29)18-12-14-27(15-13-18)32(30,31)23-16-19(25)10-11-21(23)26/h3-11,16,18H,2,12-15H2,1H3. The van der Waals surface area contributed by atoms with E-state index in [1.54, 1.807) is 4.90 Å². The fourth-order valence-electron chi connectivity index (χ4n) is 4.27. The molecule has 32 heavy (non-hydrogen) atoms. The van der Waals surface area contributed by atoms with Crippen LogP contribution in [0, 0.1) is 17.6 Å². The topological polar surface area (TPSA) is 57.7 Å². The van der Waals surface area contributed by atoms with Gasteiger partial charge in [0, 0.05) is 30.9 Å². The molecule has 1 amide bonds. The molecule has 3 aromatic carbocycles. The van der Waals surface area contributed by atoms with Gasteiger partial charge in [-0.05, 0) is 49.4 Å². The van der Waals surface area contributed by atoms with Gasteiger partial charge in [0.15, 0.2) is 0 Å². The molecule has 3 aromatic rings. The van der Waals surface area contributed by atoms with Crippen molar-refractivity contribution < 1.29 is 22.0 Å². The monoisotopic (exact) mass is 458 g/mol. The van der Waals surface area contributed by atoms with Crippen LogP contribution in [0.5, 0.6) is 0 Å². The first-order valence-corrected chi connectivity index (χ1v) is 12.0. The fourth-order valence-corrected chi connectivity index (χ4v) is 5.81. The predicted molar refractivity (Wildman–Crippen MR) is 120 cm³/mol. The van der Waals surface area contributed by atoms with Crippen molar-refractivity contribution >= 4 is 32.4 Å². The van der Waals surface area contributed by atoms with E-state index in [4.69, 9.17) is 0 Å². The zero-order valence-corrected chi connectivity index (χ0v) is 18.5. The third-order valence-corrected chi connectivity index (χ3v) is 7.87. The molecule has 0 unspecified atom stereocenters. The summed E-state index contributed by atoms with van der Waals surface area (Å²) >= 11 is 0. The molecule has 1 aliphatic rings. The molecule has 0 spiro atoms. The van der Waals surface area contributed by atoms with Gasteiger partial charge in [0.25, 0.3) is 0 Å². The van der Waals surface area contributed by atoms with Crippen LogP contribution in [0.1, 0.15) is 19.8 Å². The predicted octanol–water partition coefficient (Wildman–Crippen LogP) is 4.57. The van der Waals surface area contributed by atoms with Gasteiger partial charge in [-0.3, -0.25) is 4.79 Å². The minimum absolute atomic E-state index is 0.0576. The Hall–Kier alpha value is -2.84. The third kappa shape index (κ3) is 4.12. The Morgan fingerprint density at radius 3 is 2.44 bits per heavy atom. The number of halogens is 2. The molecule has 0 atom stereocenters. The second-order valence-corrected chi connectivity index (χ2v) is 9.74. The van der Waals surface area contributed by atoms with Crippen molar-refractivity contribution in [2.24, 2.45) is 5.92 Å². The summed E-state index contributed by atoms with van der Waals surface area (Å²) in [4.78, 5) is 14.4. The molecule has 1 aliphatic heterocycles. The molecule has 1 saturated heterocycles. The highest BCUT2D eigenvalue weighted by atomic mass is 32.2. The summed E-state index contributed by atoms with van der Waals surface area (Å²) < 4.78 is 54.3. The Balaban J connectivity index is 1.52. The summed E-state index contributed by atoms with van der Waals surface area (Å²) in [6.07, 6.45) is 0.631. The van der Waals surface area contributed by atoms with Gasteiger partial charge in [-0.15, -0.1) is 0 Å². The van der Waals surface area contributed by atoms with Gasteiger partial charge in [-0.25, -0.2) is 17.2 Å².